The second-order valence-electron chi connectivity index (χ2n) is 5.94. The summed E-state index contributed by atoms with van der Waals surface area (Å²) in [4.78, 5) is 12.4. The van der Waals surface area contributed by atoms with Gasteiger partial charge in [-0.15, -0.1) is 0 Å². The van der Waals surface area contributed by atoms with Crippen molar-refractivity contribution in [3.05, 3.63) is 71.9 Å². The third-order valence-electron chi connectivity index (χ3n) is 3.80. The largest absolute Gasteiger partial charge is 0.490 e. The average molecular weight is 421 g/mol. The molecule has 0 atom stereocenters. The lowest BCUT2D eigenvalue weighted by Crippen LogP contribution is -2.11. The lowest BCUT2D eigenvalue weighted by atomic mass is 10.2. The van der Waals surface area contributed by atoms with E-state index in [0.29, 0.717) is 17.2 Å². The van der Waals surface area contributed by atoms with E-state index in [1.54, 1.807) is 13.0 Å². The summed E-state index contributed by atoms with van der Waals surface area (Å²) in [5, 5.41) is 2.59. The van der Waals surface area contributed by atoms with Crippen LogP contribution in [0.25, 0.3) is 0 Å². The summed E-state index contributed by atoms with van der Waals surface area (Å²) in [6.45, 7) is -1.03. The van der Waals surface area contributed by atoms with Crippen LogP contribution in [0.2, 0.25) is 0 Å². The summed E-state index contributed by atoms with van der Waals surface area (Å²) in [7, 11) is 0. The molecule has 0 spiro atoms. The number of carbonyl (C=O) groups excluding carboxylic acids is 1. The van der Waals surface area contributed by atoms with Gasteiger partial charge in [0.25, 0.3) is 5.91 Å². The molecule has 30 heavy (non-hydrogen) atoms. The van der Waals surface area contributed by atoms with Gasteiger partial charge < -0.3 is 23.9 Å². The first-order valence-corrected chi connectivity index (χ1v) is 8.94. The quantitative estimate of drug-likeness (QED) is 0.511. The Bertz CT molecular complexity index is 989. The van der Waals surface area contributed by atoms with E-state index in [2.05, 4.69) is 10.1 Å². The standard InChI is InChI=1S/C21H18F3NO5/c1-2-27-19-11-14(5-9-17(19)30-21(23)24)25-20(26)18-10-8-16(29-18)12-28-15-6-3-13(22)4-7-15/h3-11,21H,2,12H2,1H3,(H,25,26). The monoisotopic (exact) mass is 421 g/mol. The zero-order chi connectivity index (χ0) is 21.5. The first kappa shape index (κ1) is 21.1. The molecule has 1 aromatic heterocycles. The van der Waals surface area contributed by atoms with Gasteiger partial charge in [-0.3, -0.25) is 4.79 Å². The van der Waals surface area contributed by atoms with Crippen LogP contribution in [0.4, 0.5) is 18.9 Å². The fourth-order valence-corrected chi connectivity index (χ4v) is 2.50. The Labute approximate surface area is 170 Å². The third kappa shape index (κ3) is 5.69. The maximum atomic E-state index is 12.9. The van der Waals surface area contributed by atoms with Gasteiger partial charge in [0, 0.05) is 11.8 Å². The fourth-order valence-electron chi connectivity index (χ4n) is 2.50. The number of benzene rings is 2. The number of rotatable bonds is 9. The van der Waals surface area contributed by atoms with Gasteiger partial charge in [0.1, 0.15) is 23.9 Å². The van der Waals surface area contributed by atoms with Crippen LogP contribution < -0.4 is 19.5 Å². The lowest BCUT2D eigenvalue weighted by molar-refractivity contribution is -0.0514. The van der Waals surface area contributed by atoms with Crippen LogP contribution in [-0.2, 0) is 6.61 Å². The Kier molecular flexibility index (Phi) is 6.84. The number of furan rings is 1. The van der Waals surface area contributed by atoms with Crippen LogP contribution >= 0.6 is 0 Å². The highest BCUT2D eigenvalue weighted by Gasteiger charge is 2.15. The highest BCUT2D eigenvalue weighted by Crippen LogP contribution is 2.32. The minimum Gasteiger partial charge on any atom is -0.490 e. The maximum Gasteiger partial charge on any atom is 0.387 e. The summed E-state index contributed by atoms with van der Waals surface area (Å²) < 4.78 is 58.4. The van der Waals surface area contributed by atoms with Gasteiger partial charge in [-0.2, -0.15) is 8.78 Å². The smallest absolute Gasteiger partial charge is 0.387 e. The molecule has 0 unspecified atom stereocenters. The van der Waals surface area contributed by atoms with Gasteiger partial charge in [-0.1, -0.05) is 0 Å². The van der Waals surface area contributed by atoms with Gasteiger partial charge in [0.2, 0.25) is 0 Å². The van der Waals surface area contributed by atoms with Crippen molar-refractivity contribution in [2.24, 2.45) is 0 Å². The number of hydrogen-bond donors (Lipinski definition) is 1. The molecule has 3 rings (SSSR count). The van der Waals surface area contributed by atoms with Crippen LogP contribution in [-0.4, -0.2) is 19.1 Å². The first-order valence-electron chi connectivity index (χ1n) is 8.94. The SMILES string of the molecule is CCOc1cc(NC(=O)c2ccc(COc3ccc(F)cc3)o2)ccc1OC(F)F. The predicted molar refractivity (Wildman–Crippen MR) is 102 cm³/mol. The van der Waals surface area contributed by atoms with Gasteiger partial charge in [0.15, 0.2) is 17.3 Å². The molecular weight excluding hydrogens is 403 g/mol. The van der Waals surface area contributed by atoms with E-state index in [9.17, 15) is 18.0 Å². The highest BCUT2D eigenvalue weighted by atomic mass is 19.3. The molecule has 2 aromatic carbocycles. The van der Waals surface area contributed by atoms with Gasteiger partial charge in [0.05, 0.1) is 6.61 Å². The van der Waals surface area contributed by atoms with Crippen LogP contribution in [0.5, 0.6) is 17.2 Å². The topological polar surface area (TPSA) is 69.9 Å². The van der Waals surface area contributed by atoms with Crippen molar-refractivity contribution in [3.63, 3.8) is 0 Å². The minimum absolute atomic E-state index is 0.0265. The number of hydrogen-bond acceptors (Lipinski definition) is 5. The van der Waals surface area contributed by atoms with E-state index in [4.69, 9.17) is 13.9 Å². The molecule has 1 heterocycles. The number of carbonyl (C=O) groups is 1. The number of halogens is 3. The molecule has 0 saturated heterocycles. The molecular formula is C21H18F3NO5. The summed E-state index contributed by atoms with van der Waals surface area (Å²) in [6.07, 6.45) is 0. The van der Waals surface area contributed by atoms with Crippen molar-refractivity contribution in [1.29, 1.82) is 0 Å². The molecule has 0 aliphatic rings. The summed E-state index contributed by atoms with van der Waals surface area (Å²) >= 11 is 0. The maximum absolute atomic E-state index is 12.9. The molecule has 3 aromatic rings. The van der Waals surface area contributed by atoms with E-state index >= 15 is 0 Å². The van der Waals surface area contributed by atoms with Crippen LogP contribution in [0.1, 0.15) is 23.2 Å². The molecule has 0 aliphatic carbocycles. The Morgan fingerprint density at radius 1 is 1.03 bits per heavy atom. The normalized spacial score (nSPS) is 10.7. The van der Waals surface area contributed by atoms with E-state index in [1.807, 2.05) is 0 Å². The van der Waals surface area contributed by atoms with Crippen molar-refractivity contribution in [3.8, 4) is 17.2 Å². The molecule has 0 fully saturated rings. The van der Waals surface area contributed by atoms with Crippen molar-refractivity contribution in [2.45, 2.75) is 20.1 Å². The second kappa shape index (κ2) is 9.73. The summed E-state index contributed by atoms with van der Waals surface area (Å²) in [5.74, 6) is -0.118. The predicted octanol–water partition coefficient (Wildman–Crippen LogP) is 5.25. The molecule has 9 heteroatoms. The van der Waals surface area contributed by atoms with Crippen LogP contribution in [0.3, 0.4) is 0 Å². The summed E-state index contributed by atoms with van der Waals surface area (Å²) in [5.41, 5.74) is 0.311. The van der Waals surface area contributed by atoms with Gasteiger partial charge in [-0.05, 0) is 55.5 Å². The Hall–Kier alpha value is -3.62. The molecule has 158 valence electrons. The van der Waals surface area contributed by atoms with Crippen molar-refractivity contribution < 1.29 is 36.6 Å². The van der Waals surface area contributed by atoms with E-state index < -0.39 is 12.5 Å². The van der Waals surface area contributed by atoms with Gasteiger partial charge in [-0.25, -0.2) is 4.39 Å². The Balaban J connectivity index is 1.63. The number of anilines is 1. The van der Waals surface area contributed by atoms with Gasteiger partial charge >= 0.3 is 6.61 Å². The van der Waals surface area contributed by atoms with Crippen molar-refractivity contribution in [2.75, 3.05) is 11.9 Å². The van der Waals surface area contributed by atoms with E-state index in [1.165, 1.54) is 48.5 Å². The average Bonchev–Trinajstić information content (AvgIpc) is 3.19. The van der Waals surface area contributed by atoms with E-state index in [-0.39, 0.29) is 36.3 Å². The number of amides is 1. The molecule has 0 radical (unpaired) electrons. The van der Waals surface area contributed by atoms with Crippen molar-refractivity contribution in [1.82, 2.24) is 0 Å². The lowest BCUT2D eigenvalue weighted by Gasteiger charge is -2.13. The Morgan fingerprint density at radius 3 is 2.50 bits per heavy atom. The molecule has 1 amide bonds. The van der Waals surface area contributed by atoms with Crippen LogP contribution in [0.15, 0.2) is 59.0 Å². The third-order valence-corrected chi connectivity index (χ3v) is 3.80. The highest BCUT2D eigenvalue weighted by molar-refractivity contribution is 6.02. The molecule has 0 aliphatic heterocycles. The number of nitrogens with one attached hydrogen (secondary N) is 1. The minimum atomic E-state index is -3.00. The number of alkyl halides is 2. The first-order chi connectivity index (χ1) is 14.4. The molecule has 0 saturated carbocycles. The van der Waals surface area contributed by atoms with E-state index in [0.717, 1.165) is 0 Å². The fraction of sp³-hybridized carbons (Fsp3) is 0.190. The Morgan fingerprint density at radius 2 is 1.80 bits per heavy atom. The number of ether oxygens (including phenoxy) is 3. The zero-order valence-electron chi connectivity index (χ0n) is 15.9. The molecule has 1 N–H and O–H groups in total. The summed E-state index contributed by atoms with van der Waals surface area (Å²) in [6, 6.07) is 12.6. The zero-order valence-corrected chi connectivity index (χ0v) is 15.9. The van der Waals surface area contributed by atoms with Crippen molar-refractivity contribution >= 4 is 11.6 Å². The molecule has 6 nitrogen and oxygen atoms in total. The molecule has 0 bridgehead atoms. The second-order valence-corrected chi connectivity index (χ2v) is 5.94. The van der Waals surface area contributed by atoms with Crippen LogP contribution in [0, 0.1) is 5.82 Å².